The van der Waals surface area contributed by atoms with E-state index in [-0.39, 0.29) is 12.3 Å². The van der Waals surface area contributed by atoms with Crippen LogP contribution in [0.2, 0.25) is 0 Å². The van der Waals surface area contributed by atoms with Gasteiger partial charge in [-0.2, -0.15) is 0 Å². The van der Waals surface area contributed by atoms with Gasteiger partial charge in [-0.1, -0.05) is 67.6 Å². The Hall–Kier alpha value is -2.08. The topological polar surface area (TPSA) is 72.8 Å². The molecule has 5 nitrogen and oxygen atoms in total. The molecule has 1 aliphatic rings. The maximum Gasteiger partial charge on any atom is 0.332 e. The molecule has 1 aliphatic heterocycles. The molecule has 1 heterocycles. The lowest BCUT2D eigenvalue weighted by Gasteiger charge is -2.39. The SMILES string of the molecule is CC(CCc1ccccc1)CCC(Cl)(C(=O)OC1(c2ccccc2)CCCCO1)C(Cl)C(=O)O. The van der Waals surface area contributed by atoms with Crippen LogP contribution in [0.3, 0.4) is 0 Å². The van der Waals surface area contributed by atoms with Crippen LogP contribution in [0.25, 0.3) is 0 Å². The molecule has 0 spiro atoms. The third-order valence-corrected chi connectivity index (χ3v) is 7.67. The summed E-state index contributed by atoms with van der Waals surface area (Å²) in [6, 6.07) is 19.3. The average Bonchev–Trinajstić information content (AvgIpc) is 2.87. The summed E-state index contributed by atoms with van der Waals surface area (Å²) in [6.07, 6.45) is 4.49. The van der Waals surface area contributed by atoms with Crippen molar-refractivity contribution in [3.8, 4) is 0 Å². The predicted molar refractivity (Wildman–Crippen MR) is 133 cm³/mol. The zero-order chi connectivity index (χ0) is 24.6. The molecule has 34 heavy (non-hydrogen) atoms. The van der Waals surface area contributed by atoms with Gasteiger partial charge in [0.15, 0.2) is 10.3 Å². The fourth-order valence-electron chi connectivity index (χ4n) is 4.25. The molecule has 7 heteroatoms. The van der Waals surface area contributed by atoms with Gasteiger partial charge in [0.1, 0.15) is 0 Å². The number of aliphatic carboxylic acids is 1. The molecule has 1 saturated heterocycles. The Morgan fingerprint density at radius 1 is 1.09 bits per heavy atom. The number of hydrogen-bond donors (Lipinski definition) is 1. The Balaban J connectivity index is 1.74. The number of esters is 1. The highest BCUT2D eigenvalue weighted by molar-refractivity contribution is 6.44. The summed E-state index contributed by atoms with van der Waals surface area (Å²) >= 11 is 12.9. The van der Waals surface area contributed by atoms with E-state index in [4.69, 9.17) is 32.7 Å². The molecule has 4 atom stereocenters. The molecule has 0 bridgehead atoms. The lowest BCUT2D eigenvalue weighted by molar-refractivity contribution is -0.257. The minimum atomic E-state index is -1.92. The van der Waals surface area contributed by atoms with Gasteiger partial charge in [0.05, 0.1) is 6.61 Å². The van der Waals surface area contributed by atoms with Gasteiger partial charge < -0.3 is 14.6 Å². The Bertz CT molecular complexity index is 931. The molecular weight excluding hydrogens is 475 g/mol. The van der Waals surface area contributed by atoms with E-state index in [1.165, 1.54) is 5.56 Å². The summed E-state index contributed by atoms with van der Waals surface area (Å²) < 4.78 is 11.9. The highest BCUT2D eigenvalue weighted by atomic mass is 35.5. The third-order valence-electron chi connectivity index (χ3n) is 6.43. The Labute approximate surface area is 211 Å². The molecule has 184 valence electrons. The molecule has 0 saturated carbocycles. The first-order valence-corrected chi connectivity index (χ1v) is 12.6. The molecule has 1 fully saturated rings. The van der Waals surface area contributed by atoms with Gasteiger partial charge in [-0.15, -0.1) is 23.2 Å². The fraction of sp³-hybridized carbons (Fsp3) is 0.481. The molecule has 2 aromatic carbocycles. The van der Waals surface area contributed by atoms with Crippen molar-refractivity contribution in [2.75, 3.05) is 6.61 Å². The minimum Gasteiger partial charge on any atom is -0.480 e. The number of halogens is 2. The Morgan fingerprint density at radius 2 is 1.74 bits per heavy atom. The number of aryl methyl sites for hydroxylation is 1. The second-order valence-corrected chi connectivity index (χ2v) is 10.2. The summed E-state index contributed by atoms with van der Waals surface area (Å²) in [7, 11) is 0. The number of ether oxygens (including phenoxy) is 2. The van der Waals surface area contributed by atoms with Crippen LogP contribution in [0, 0.1) is 5.92 Å². The number of hydrogen-bond acceptors (Lipinski definition) is 4. The highest BCUT2D eigenvalue weighted by Crippen LogP contribution is 2.41. The first-order valence-electron chi connectivity index (χ1n) is 11.8. The Kier molecular flexibility index (Phi) is 9.40. The van der Waals surface area contributed by atoms with Gasteiger partial charge >= 0.3 is 11.9 Å². The second kappa shape index (κ2) is 12.1. The largest absolute Gasteiger partial charge is 0.480 e. The van der Waals surface area contributed by atoms with Gasteiger partial charge in [0, 0.05) is 12.0 Å². The smallest absolute Gasteiger partial charge is 0.332 e. The van der Waals surface area contributed by atoms with E-state index in [9.17, 15) is 14.7 Å². The average molecular weight is 507 g/mol. The van der Waals surface area contributed by atoms with Crippen molar-refractivity contribution in [3.63, 3.8) is 0 Å². The number of carboxylic acids is 1. The summed E-state index contributed by atoms with van der Waals surface area (Å²) in [5, 5.41) is 7.98. The first-order chi connectivity index (χ1) is 16.3. The summed E-state index contributed by atoms with van der Waals surface area (Å²) in [5.74, 6) is -3.32. The predicted octanol–water partition coefficient (Wildman–Crippen LogP) is 6.30. The molecule has 3 rings (SSSR count). The van der Waals surface area contributed by atoms with Crippen LogP contribution >= 0.6 is 23.2 Å². The van der Waals surface area contributed by atoms with Crippen molar-refractivity contribution in [2.24, 2.45) is 5.92 Å². The van der Waals surface area contributed by atoms with Crippen molar-refractivity contribution in [1.29, 1.82) is 0 Å². The number of carbonyl (C=O) groups excluding carboxylic acids is 1. The number of alkyl halides is 2. The summed E-state index contributed by atoms with van der Waals surface area (Å²) in [4.78, 5) is 23.3. The van der Waals surface area contributed by atoms with Crippen LogP contribution in [0.4, 0.5) is 0 Å². The van der Waals surface area contributed by atoms with E-state index in [1.54, 1.807) is 0 Å². The molecule has 2 aromatic rings. The van der Waals surface area contributed by atoms with Crippen LogP contribution in [0.15, 0.2) is 60.7 Å². The quantitative estimate of drug-likeness (QED) is 0.285. The van der Waals surface area contributed by atoms with Gasteiger partial charge in [-0.25, -0.2) is 4.79 Å². The zero-order valence-electron chi connectivity index (χ0n) is 19.4. The number of rotatable bonds is 11. The number of carbonyl (C=O) groups is 2. The van der Waals surface area contributed by atoms with Crippen LogP contribution in [0.5, 0.6) is 0 Å². The van der Waals surface area contributed by atoms with E-state index in [0.29, 0.717) is 25.0 Å². The van der Waals surface area contributed by atoms with Crippen LogP contribution in [-0.4, -0.2) is 33.9 Å². The second-order valence-electron chi connectivity index (χ2n) is 9.05. The van der Waals surface area contributed by atoms with E-state index >= 15 is 0 Å². The van der Waals surface area contributed by atoms with E-state index in [0.717, 1.165) is 25.7 Å². The molecular formula is C27H32Cl2O5. The maximum atomic E-state index is 13.5. The lowest BCUT2D eigenvalue weighted by atomic mass is 9.89. The van der Waals surface area contributed by atoms with Crippen molar-refractivity contribution in [1.82, 2.24) is 0 Å². The Morgan fingerprint density at radius 3 is 2.32 bits per heavy atom. The van der Waals surface area contributed by atoms with E-state index in [1.807, 2.05) is 48.5 Å². The molecule has 0 radical (unpaired) electrons. The highest BCUT2D eigenvalue weighted by Gasteiger charge is 2.52. The molecule has 0 aromatic heterocycles. The van der Waals surface area contributed by atoms with Gasteiger partial charge in [0.25, 0.3) is 0 Å². The maximum absolute atomic E-state index is 13.5. The van der Waals surface area contributed by atoms with Crippen molar-refractivity contribution < 1.29 is 24.2 Å². The minimum absolute atomic E-state index is 0.0781. The van der Waals surface area contributed by atoms with Gasteiger partial charge in [0.2, 0.25) is 5.79 Å². The molecule has 0 amide bonds. The van der Waals surface area contributed by atoms with E-state index in [2.05, 4.69) is 19.1 Å². The number of carboxylic acid groups (broad SMARTS) is 1. The summed E-state index contributed by atoms with van der Waals surface area (Å²) in [5.41, 5.74) is 1.92. The monoisotopic (exact) mass is 506 g/mol. The van der Waals surface area contributed by atoms with Crippen molar-refractivity contribution in [2.45, 2.75) is 67.9 Å². The summed E-state index contributed by atoms with van der Waals surface area (Å²) in [6.45, 7) is 2.49. The fourth-order valence-corrected chi connectivity index (χ4v) is 4.69. The number of benzene rings is 2. The lowest BCUT2D eigenvalue weighted by Crippen LogP contribution is -2.51. The first kappa shape index (κ1) is 26.5. The molecule has 1 N–H and O–H groups in total. The van der Waals surface area contributed by atoms with Crippen molar-refractivity contribution in [3.05, 3.63) is 71.8 Å². The zero-order valence-corrected chi connectivity index (χ0v) is 20.9. The van der Waals surface area contributed by atoms with Crippen molar-refractivity contribution >= 4 is 35.1 Å². The standard InChI is InChI=1S/C27H32Cl2O5/c1-20(14-15-21-10-4-2-5-11-21)16-18-26(29,23(28)24(30)31)25(32)34-27(17-8-9-19-33-27)22-12-6-3-7-13-22/h2-7,10-13,20,23H,8-9,14-19H2,1H3,(H,30,31). The third kappa shape index (κ3) is 6.53. The van der Waals surface area contributed by atoms with Gasteiger partial charge in [-0.05, 0) is 50.0 Å². The van der Waals surface area contributed by atoms with Gasteiger partial charge in [-0.3, -0.25) is 4.79 Å². The van der Waals surface area contributed by atoms with Crippen LogP contribution < -0.4 is 0 Å². The molecule has 4 unspecified atom stereocenters. The normalized spacial score (nSPS) is 21.7. The molecule has 0 aliphatic carbocycles. The van der Waals surface area contributed by atoms with E-state index < -0.39 is 28.0 Å². The van der Waals surface area contributed by atoms with Crippen LogP contribution in [0.1, 0.15) is 56.6 Å². The van der Waals surface area contributed by atoms with Crippen LogP contribution in [-0.2, 0) is 31.3 Å².